The third-order valence-corrected chi connectivity index (χ3v) is 6.88. The quantitative estimate of drug-likeness (QED) is 0.424. The minimum absolute atomic E-state index is 0.146. The Kier molecular flexibility index (Phi) is 6.02. The van der Waals surface area contributed by atoms with E-state index in [1.807, 2.05) is 24.3 Å². The van der Waals surface area contributed by atoms with Crippen molar-refractivity contribution in [2.24, 2.45) is 0 Å². The van der Waals surface area contributed by atoms with E-state index in [1.54, 1.807) is 10.6 Å². The Morgan fingerprint density at radius 1 is 1.07 bits per heavy atom. The number of aromatic nitrogens is 3. The minimum atomic E-state index is -4.47. The third-order valence-electron chi connectivity index (χ3n) is 4.93. The fourth-order valence-electron chi connectivity index (χ4n) is 3.42. The maximum absolute atomic E-state index is 13.3. The molecule has 0 unspecified atom stereocenters. The zero-order valence-corrected chi connectivity index (χ0v) is 18.1. The topological polar surface area (TPSA) is 47.8 Å². The van der Waals surface area contributed by atoms with Crippen LogP contribution in [0, 0.1) is 0 Å². The van der Waals surface area contributed by atoms with Gasteiger partial charge in [-0.25, -0.2) is 0 Å². The van der Waals surface area contributed by atoms with Gasteiger partial charge in [0, 0.05) is 16.5 Å². The summed E-state index contributed by atoms with van der Waals surface area (Å²) in [4.78, 5) is 12.3. The number of carbonyl (C=O) groups is 1. The largest absolute Gasteiger partial charge is 0.416 e. The van der Waals surface area contributed by atoms with Gasteiger partial charge in [0.1, 0.15) is 5.78 Å². The number of thioether (sulfide) groups is 1. The smallest absolute Gasteiger partial charge is 0.298 e. The van der Waals surface area contributed by atoms with Gasteiger partial charge in [-0.15, -0.1) is 10.2 Å². The summed E-state index contributed by atoms with van der Waals surface area (Å²) < 4.78 is 42.3. The molecule has 1 aromatic heterocycles. The summed E-state index contributed by atoms with van der Waals surface area (Å²) in [5, 5.41) is 8.67. The maximum Gasteiger partial charge on any atom is 0.416 e. The van der Waals surface area contributed by atoms with E-state index in [2.05, 4.69) is 26.1 Å². The van der Waals surface area contributed by atoms with E-state index in [9.17, 15) is 18.0 Å². The Morgan fingerprint density at radius 3 is 2.60 bits per heavy atom. The van der Waals surface area contributed by atoms with E-state index >= 15 is 0 Å². The van der Waals surface area contributed by atoms with Gasteiger partial charge >= 0.3 is 6.18 Å². The predicted octanol–water partition coefficient (Wildman–Crippen LogP) is 6.32. The Bertz CT molecular complexity index is 1080. The molecule has 0 saturated heterocycles. The lowest BCUT2D eigenvalue weighted by Crippen LogP contribution is -2.21. The van der Waals surface area contributed by atoms with Crippen LogP contribution in [-0.4, -0.2) is 25.8 Å². The van der Waals surface area contributed by atoms with E-state index in [0.29, 0.717) is 28.7 Å². The van der Waals surface area contributed by atoms with Crippen LogP contribution in [-0.2, 0) is 11.0 Å². The molecule has 156 valence electrons. The Balaban J connectivity index is 1.84. The number of hydrogen-bond acceptors (Lipinski definition) is 4. The Hall–Kier alpha value is -2.13. The molecule has 1 atom stereocenters. The average Bonchev–Trinajstić information content (AvgIpc) is 3.13. The lowest BCUT2D eigenvalue weighted by molar-refractivity contribution is -0.137. The molecule has 0 radical (unpaired) electrons. The highest BCUT2D eigenvalue weighted by atomic mass is 79.9. The number of Topliss-reactive ketones (excluding diaryl/α,β-unsaturated/α-hetero) is 1. The summed E-state index contributed by atoms with van der Waals surface area (Å²) in [6, 6.07) is 12.4. The molecule has 3 aromatic rings. The van der Waals surface area contributed by atoms with Crippen LogP contribution in [0.25, 0.3) is 17.1 Å². The normalized spacial score (nSPS) is 17.3. The Labute approximate surface area is 184 Å². The molecule has 1 heterocycles. The van der Waals surface area contributed by atoms with E-state index in [-0.39, 0.29) is 11.0 Å². The molecule has 0 aliphatic heterocycles. The number of rotatable bonds is 4. The van der Waals surface area contributed by atoms with Crippen molar-refractivity contribution >= 4 is 33.5 Å². The molecular weight excluding hydrogens is 479 g/mol. The highest BCUT2D eigenvalue weighted by molar-refractivity contribution is 9.10. The number of halogens is 4. The van der Waals surface area contributed by atoms with Crippen molar-refractivity contribution < 1.29 is 18.0 Å². The summed E-state index contributed by atoms with van der Waals surface area (Å²) in [6.07, 6.45) is -1.41. The van der Waals surface area contributed by atoms with Crippen LogP contribution in [0.2, 0.25) is 0 Å². The number of nitrogens with zero attached hydrogens (tertiary/aromatic N) is 3. The minimum Gasteiger partial charge on any atom is -0.298 e. The molecule has 4 rings (SSSR count). The lowest BCUT2D eigenvalue weighted by atomic mass is 9.99. The summed E-state index contributed by atoms with van der Waals surface area (Å²) in [6.45, 7) is 0. The summed E-state index contributed by atoms with van der Waals surface area (Å²) in [5.74, 6) is 0.555. The van der Waals surface area contributed by atoms with Crippen LogP contribution in [0.5, 0.6) is 0 Å². The molecular formula is C21H17BrF3N3OS. The second-order valence-electron chi connectivity index (χ2n) is 6.99. The first kappa shape index (κ1) is 21.1. The number of carbonyl (C=O) groups excluding carboxylic acids is 1. The fourth-order valence-corrected chi connectivity index (χ4v) is 5.06. The van der Waals surface area contributed by atoms with Gasteiger partial charge in [-0.3, -0.25) is 9.36 Å². The SMILES string of the molecule is O=C1CCCC[C@H]1Sc1nnc(-c2ccccc2Br)n1-c1cccc(C(F)(F)F)c1. The number of alkyl halides is 3. The molecule has 0 N–H and O–H groups in total. The standard InChI is InChI=1S/C21H17BrF3N3OS/c22-16-9-2-1-8-15(16)19-26-27-20(30-18-11-4-3-10-17(18)29)28(19)14-7-5-6-13(12-14)21(23,24)25/h1-2,5-9,12,18H,3-4,10-11H2/t18-/m1/s1. The van der Waals surface area contributed by atoms with Gasteiger partial charge in [-0.2, -0.15) is 13.2 Å². The zero-order valence-electron chi connectivity index (χ0n) is 15.7. The van der Waals surface area contributed by atoms with Gasteiger partial charge in [-0.1, -0.05) is 58.4 Å². The molecule has 9 heteroatoms. The second kappa shape index (κ2) is 8.55. The third kappa shape index (κ3) is 4.32. The second-order valence-corrected chi connectivity index (χ2v) is 9.01. The predicted molar refractivity (Wildman–Crippen MR) is 113 cm³/mol. The molecule has 1 saturated carbocycles. The van der Waals surface area contributed by atoms with Crippen molar-refractivity contribution in [3.05, 3.63) is 58.6 Å². The summed E-state index contributed by atoms with van der Waals surface area (Å²) in [5.41, 5.74) is 0.243. The first-order valence-electron chi connectivity index (χ1n) is 9.42. The molecule has 2 aromatic carbocycles. The van der Waals surface area contributed by atoms with Crippen LogP contribution in [0.4, 0.5) is 13.2 Å². The fraction of sp³-hybridized carbons (Fsp3) is 0.286. The lowest BCUT2D eigenvalue weighted by Gasteiger charge is -2.20. The monoisotopic (exact) mass is 495 g/mol. The van der Waals surface area contributed by atoms with Gasteiger partial charge in [0.25, 0.3) is 0 Å². The van der Waals surface area contributed by atoms with Crippen LogP contribution < -0.4 is 0 Å². The van der Waals surface area contributed by atoms with Crippen LogP contribution in [0.15, 0.2) is 58.2 Å². The van der Waals surface area contributed by atoms with E-state index in [0.717, 1.165) is 35.9 Å². The summed E-state index contributed by atoms with van der Waals surface area (Å²) >= 11 is 4.75. The highest BCUT2D eigenvalue weighted by Crippen LogP contribution is 2.37. The Morgan fingerprint density at radius 2 is 1.87 bits per heavy atom. The molecule has 0 amide bonds. The molecule has 1 aliphatic carbocycles. The van der Waals surface area contributed by atoms with E-state index in [4.69, 9.17) is 0 Å². The molecule has 4 nitrogen and oxygen atoms in total. The molecule has 0 bridgehead atoms. The zero-order chi connectivity index (χ0) is 21.3. The van der Waals surface area contributed by atoms with Gasteiger partial charge in [0.05, 0.1) is 16.5 Å². The average molecular weight is 496 g/mol. The number of benzene rings is 2. The van der Waals surface area contributed by atoms with Gasteiger partial charge < -0.3 is 0 Å². The molecule has 0 spiro atoms. The van der Waals surface area contributed by atoms with Gasteiger partial charge in [0.2, 0.25) is 0 Å². The maximum atomic E-state index is 13.3. The van der Waals surface area contributed by atoms with E-state index in [1.165, 1.54) is 17.8 Å². The van der Waals surface area contributed by atoms with Crippen molar-refractivity contribution in [2.75, 3.05) is 0 Å². The summed E-state index contributed by atoms with van der Waals surface area (Å²) in [7, 11) is 0. The molecule has 1 aliphatic rings. The molecule has 30 heavy (non-hydrogen) atoms. The van der Waals surface area contributed by atoms with Crippen molar-refractivity contribution in [2.45, 2.75) is 42.3 Å². The number of hydrogen-bond donors (Lipinski definition) is 0. The molecule has 1 fully saturated rings. The van der Waals surface area contributed by atoms with Gasteiger partial charge in [-0.05, 0) is 37.1 Å². The van der Waals surface area contributed by atoms with Crippen molar-refractivity contribution in [1.29, 1.82) is 0 Å². The van der Waals surface area contributed by atoms with Gasteiger partial charge in [0.15, 0.2) is 11.0 Å². The highest BCUT2D eigenvalue weighted by Gasteiger charge is 2.32. The number of ketones is 1. The van der Waals surface area contributed by atoms with Crippen LogP contribution in [0.3, 0.4) is 0 Å². The van der Waals surface area contributed by atoms with E-state index < -0.39 is 11.7 Å². The van der Waals surface area contributed by atoms with Crippen LogP contribution >= 0.6 is 27.7 Å². The first-order valence-corrected chi connectivity index (χ1v) is 11.1. The van der Waals surface area contributed by atoms with Crippen molar-refractivity contribution in [3.63, 3.8) is 0 Å². The van der Waals surface area contributed by atoms with Crippen LogP contribution in [0.1, 0.15) is 31.2 Å². The van der Waals surface area contributed by atoms with Crippen molar-refractivity contribution in [1.82, 2.24) is 14.8 Å². The van der Waals surface area contributed by atoms with Crippen molar-refractivity contribution in [3.8, 4) is 17.1 Å². The first-order chi connectivity index (χ1) is 14.3.